The fraction of sp³-hybridized carbons (Fsp3) is 0.0667. The third kappa shape index (κ3) is 2.20. The number of fused-ring (bicyclic) bond motifs is 1. The van der Waals surface area contributed by atoms with Crippen LogP contribution in [0.5, 0.6) is 0 Å². The lowest BCUT2D eigenvalue weighted by Crippen LogP contribution is -2.12. The summed E-state index contributed by atoms with van der Waals surface area (Å²) in [4.78, 5) is 22.6. The van der Waals surface area contributed by atoms with E-state index in [1.54, 1.807) is 30.3 Å². The number of benzene rings is 2. The summed E-state index contributed by atoms with van der Waals surface area (Å²) in [5.41, 5.74) is 0.132. The molecular formula is C15H12O4. The van der Waals surface area contributed by atoms with E-state index >= 15 is 0 Å². The van der Waals surface area contributed by atoms with E-state index in [2.05, 4.69) is 6.58 Å². The fourth-order valence-corrected chi connectivity index (χ4v) is 2.19. The van der Waals surface area contributed by atoms with Crippen molar-refractivity contribution in [1.82, 2.24) is 0 Å². The SMILES string of the molecule is C=CCc1c(C(=O)O)c(C(=O)O)cc2ccccc12. The van der Waals surface area contributed by atoms with Crippen LogP contribution in [0.1, 0.15) is 26.3 Å². The van der Waals surface area contributed by atoms with E-state index < -0.39 is 11.9 Å². The van der Waals surface area contributed by atoms with Gasteiger partial charge in [0.2, 0.25) is 0 Å². The van der Waals surface area contributed by atoms with E-state index in [0.717, 1.165) is 5.39 Å². The molecule has 4 heteroatoms. The third-order valence-corrected chi connectivity index (χ3v) is 2.95. The maximum absolute atomic E-state index is 11.4. The van der Waals surface area contributed by atoms with Crippen LogP contribution in [-0.2, 0) is 6.42 Å². The van der Waals surface area contributed by atoms with E-state index in [0.29, 0.717) is 17.4 Å². The molecule has 0 amide bonds. The van der Waals surface area contributed by atoms with Crippen molar-refractivity contribution >= 4 is 22.7 Å². The minimum atomic E-state index is -1.24. The number of allylic oxidation sites excluding steroid dienone is 1. The number of hydrogen-bond acceptors (Lipinski definition) is 2. The molecule has 0 saturated heterocycles. The highest BCUT2D eigenvalue weighted by Crippen LogP contribution is 2.27. The van der Waals surface area contributed by atoms with Crippen molar-refractivity contribution < 1.29 is 19.8 Å². The van der Waals surface area contributed by atoms with Crippen molar-refractivity contribution in [1.29, 1.82) is 0 Å². The first-order valence-corrected chi connectivity index (χ1v) is 5.68. The molecule has 0 aliphatic carbocycles. The molecule has 0 aromatic heterocycles. The van der Waals surface area contributed by atoms with Gasteiger partial charge in [-0.15, -0.1) is 6.58 Å². The fourth-order valence-electron chi connectivity index (χ4n) is 2.19. The third-order valence-electron chi connectivity index (χ3n) is 2.95. The molecule has 0 radical (unpaired) electrons. The first kappa shape index (κ1) is 12.8. The van der Waals surface area contributed by atoms with Crippen LogP contribution in [0.25, 0.3) is 10.8 Å². The summed E-state index contributed by atoms with van der Waals surface area (Å²) in [7, 11) is 0. The highest BCUT2D eigenvalue weighted by Gasteiger charge is 2.22. The minimum absolute atomic E-state index is 0.161. The van der Waals surface area contributed by atoms with Gasteiger partial charge in [-0.25, -0.2) is 9.59 Å². The molecule has 4 nitrogen and oxygen atoms in total. The van der Waals surface area contributed by atoms with Gasteiger partial charge in [0.1, 0.15) is 0 Å². The van der Waals surface area contributed by atoms with E-state index in [-0.39, 0.29) is 11.1 Å². The maximum Gasteiger partial charge on any atom is 0.336 e. The molecule has 0 spiro atoms. The highest BCUT2D eigenvalue weighted by molar-refractivity contribution is 6.08. The molecule has 0 bridgehead atoms. The maximum atomic E-state index is 11.4. The predicted molar refractivity (Wildman–Crippen MR) is 71.8 cm³/mol. The van der Waals surface area contributed by atoms with Crippen molar-refractivity contribution in [2.24, 2.45) is 0 Å². The van der Waals surface area contributed by atoms with Crippen LogP contribution in [0.2, 0.25) is 0 Å². The molecule has 2 rings (SSSR count). The standard InChI is InChI=1S/C15H12O4/c1-2-5-11-10-7-4-3-6-9(10)8-12(14(16)17)13(11)15(18)19/h2-4,6-8H,1,5H2,(H,16,17)(H,18,19). The number of aromatic carboxylic acids is 2. The predicted octanol–water partition coefficient (Wildman–Crippen LogP) is 2.96. The second kappa shape index (κ2) is 4.94. The zero-order valence-corrected chi connectivity index (χ0v) is 10.1. The van der Waals surface area contributed by atoms with Crippen LogP contribution in [-0.4, -0.2) is 22.2 Å². The summed E-state index contributed by atoms with van der Waals surface area (Å²) in [5.74, 6) is -2.48. The molecular weight excluding hydrogens is 244 g/mol. The molecule has 0 unspecified atom stereocenters. The van der Waals surface area contributed by atoms with E-state index in [1.807, 2.05) is 0 Å². The number of carboxylic acid groups (broad SMARTS) is 2. The van der Waals surface area contributed by atoms with Crippen LogP contribution >= 0.6 is 0 Å². The number of carboxylic acids is 2. The second-order valence-electron chi connectivity index (χ2n) is 4.10. The quantitative estimate of drug-likeness (QED) is 0.825. The number of hydrogen-bond donors (Lipinski definition) is 2. The molecule has 0 heterocycles. The van der Waals surface area contributed by atoms with Crippen molar-refractivity contribution in [3.63, 3.8) is 0 Å². The molecule has 0 aliphatic rings. The summed E-state index contributed by atoms with van der Waals surface area (Å²) >= 11 is 0. The normalized spacial score (nSPS) is 10.3. The van der Waals surface area contributed by atoms with Gasteiger partial charge < -0.3 is 10.2 Å². The highest BCUT2D eigenvalue weighted by atomic mass is 16.4. The zero-order chi connectivity index (χ0) is 14.0. The van der Waals surface area contributed by atoms with Gasteiger partial charge in [-0.2, -0.15) is 0 Å². The Morgan fingerprint density at radius 1 is 1.16 bits per heavy atom. The first-order valence-electron chi connectivity index (χ1n) is 5.68. The Hall–Kier alpha value is -2.62. The largest absolute Gasteiger partial charge is 0.478 e. The van der Waals surface area contributed by atoms with E-state index in [1.165, 1.54) is 6.07 Å². The smallest absolute Gasteiger partial charge is 0.336 e. The van der Waals surface area contributed by atoms with Crippen LogP contribution in [0.15, 0.2) is 43.0 Å². The average molecular weight is 256 g/mol. The summed E-state index contributed by atoms with van der Waals surface area (Å²) in [5, 5.41) is 19.9. The van der Waals surface area contributed by atoms with Crippen molar-refractivity contribution in [2.45, 2.75) is 6.42 Å². The number of rotatable bonds is 4. The second-order valence-corrected chi connectivity index (χ2v) is 4.10. The Labute approximate surface area is 109 Å². The summed E-state index contributed by atoms with van der Waals surface area (Å²) in [6.07, 6.45) is 1.88. The summed E-state index contributed by atoms with van der Waals surface area (Å²) in [6.45, 7) is 3.60. The summed E-state index contributed by atoms with van der Waals surface area (Å²) < 4.78 is 0. The van der Waals surface area contributed by atoms with Crippen LogP contribution < -0.4 is 0 Å². The Kier molecular flexibility index (Phi) is 3.33. The van der Waals surface area contributed by atoms with E-state index in [9.17, 15) is 19.8 Å². The van der Waals surface area contributed by atoms with Gasteiger partial charge in [0, 0.05) is 0 Å². The molecule has 0 aliphatic heterocycles. The number of carbonyl (C=O) groups is 2. The lowest BCUT2D eigenvalue weighted by molar-refractivity contribution is 0.0651. The minimum Gasteiger partial charge on any atom is -0.478 e. The van der Waals surface area contributed by atoms with Crippen LogP contribution in [0.4, 0.5) is 0 Å². The van der Waals surface area contributed by atoms with Gasteiger partial charge in [0.05, 0.1) is 11.1 Å². The molecule has 2 N–H and O–H groups in total. The molecule has 19 heavy (non-hydrogen) atoms. The zero-order valence-electron chi connectivity index (χ0n) is 10.1. The lowest BCUT2D eigenvalue weighted by atomic mass is 9.92. The molecule has 0 saturated carbocycles. The van der Waals surface area contributed by atoms with Gasteiger partial charge in [-0.3, -0.25) is 0 Å². The van der Waals surface area contributed by atoms with Crippen molar-refractivity contribution in [3.8, 4) is 0 Å². The molecule has 2 aromatic carbocycles. The van der Waals surface area contributed by atoms with Gasteiger partial charge in [-0.05, 0) is 28.8 Å². The van der Waals surface area contributed by atoms with Crippen LogP contribution in [0, 0.1) is 0 Å². The molecule has 96 valence electrons. The Bertz CT molecular complexity index is 686. The Balaban J connectivity index is 2.95. The Morgan fingerprint density at radius 2 is 1.84 bits per heavy atom. The average Bonchev–Trinajstić information content (AvgIpc) is 2.38. The van der Waals surface area contributed by atoms with Gasteiger partial charge in [0.25, 0.3) is 0 Å². The Morgan fingerprint density at radius 3 is 2.42 bits per heavy atom. The van der Waals surface area contributed by atoms with Gasteiger partial charge in [0.15, 0.2) is 0 Å². The van der Waals surface area contributed by atoms with Gasteiger partial charge in [-0.1, -0.05) is 30.3 Å². The van der Waals surface area contributed by atoms with Crippen molar-refractivity contribution in [3.05, 3.63) is 59.7 Å². The van der Waals surface area contributed by atoms with E-state index in [4.69, 9.17) is 0 Å². The monoisotopic (exact) mass is 256 g/mol. The molecule has 2 aromatic rings. The lowest BCUT2D eigenvalue weighted by Gasteiger charge is -2.12. The van der Waals surface area contributed by atoms with Gasteiger partial charge >= 0.3 is 11.9 Å². The molecule has 0 fully saturated rings. The molecule has 0 atom stereocenters. The van der Waals surface area contributed by atoms with Crippen LogP contribution in [0.3, 0.4) is 0 Å². The first-order chi connectivity index (χ1) is 9.06. The summed E-state index contributed by atoms with van der Waals surface area (Å²) in [6, 6.07) is 8.52. The topological polar surface area (TPSA) is 74.6 Å². The van der Waals surface area contributed by atoms with Crippen molar-refractivity contribution in [2.75, 3.05) is 0 Å².